The van der Waals surface area contributed by atoms with Crippen LogP contribution < -0.4 is 21.3 Å². The lowest BCUT2D eigenvalue weighted by Crippen LogP contribution is -2.44. The van der Waals surface area contributed by atoms with E-state index in [9.17, 15) is 0 Å². The molecule has 8 nitrogen and oxygen atoms in total. The Labute approximate surface area is 107 Å². The third-order valence-corrected chi connectivity index (χ3v) is 2.82. The summed E-state index contributed by atoms with van der Waals surface area (Å²) < 4.78 is 4.97. The molecule has 0 unspecified atom stereocenters. The number of methoxy groups -OCH3 is 1. The lowest BCUT2D eigenvalue weighted by atomic mass is 10.1. The van der Waals surface area contributed by atoms with Gasteiger partial charge in [0.25, 0.3) is 0 Å². The first-order valence-electron chi connectivity index (χ1n) is 5.57. The molecule has 8 heteroatoms. The maximum atomic E-state index is 5.28. The van der Waals surface area contributed by atoms with Crippen LogP contribution in [0.1, 0.15) is 13.8 Å². The molecular formula is C10H21N7O. The van der Waals surface area contributed by atoms with Crippen molar-refractivity contribution >= 4 is 11.9 Å². The first-order valence-corrected chi connectivity index (χ1v) is 5.57. The summed E-state index contributed by atoms with van der Waals surface area (Å²) >= 11 is 0. The van der Waals surface area contributed by atoms with Crippen LogP contribution in [0.3, 0.4) is 0 Å². The molecule has 0 bridgehead atoms. The third kappa shape index (κ3) is 3.67. The third-order valence-electron chi connectivity index (χ3n) is 2.82. The Morgan fingerprint density at radius 3 is 2.33 bits per heavy atom. The molecule has 0 spiro atoms. The highest BCUT2D eigenvalue weighted by Crippen LogP contribution is 2.13. The Balaban J connectivity index is 2.78. The van der Waals surface area contributed by atoms with Crippen LogP contribution in [-0.2, 0) is 0 Å². The smallest absolute Gasteiger partial charge is 0.322 e. The van der Waals surface area contributed by atoms with E-state index in [0.717, 1.165) is 0 Å². The van der Waals surface area contributed by atoms with Gasteiger partial charge < -0.3 is 15.0 Å². The number of hydrogen-bond acceptors (Lipinski definition) is 8. The Kier molecular flexibility index (Phi) is 4.62. The molecule has 102 valence electrons. The van der Waals surface area contributed by atoms with Crippen molar-refractivity contribution in [3.05, 3.63) is 0 Å². The van der Waals surface area contributed by atoms with E-state index < -0.39 is 0 Å². The molecular weight excluding hydrogens is 234 g/mol. The number of hydrogen-bond donors (Lipinski definition) is 3. The fraction of sp³-hybridized carbons (Fsp3) is 0.700. The molecule has 4 N–H and O–H groups in total. The van der Waals surface area contributed by atoms with Crippen molar-refractivity contribution in [3.63, 3.8) is 0 Å². The van der Waals surface area contributed by atoms with E-state index in [1.165, 1.54) is 7.11 Å². The van der Waals surface area contributed by atoms with E-state index in [-0.39, 0.29) is 17.5 Å². The number of nitrogens with zero attached hydrogens (tertiary/aromatic N) is 4. The van der Waals surface area contributed by atoms with Gasteiger partial charge in [-0.15, -0.1) is 0 Å². The number of nitrogens with two attached hydrogens (primary N) is 1. The first kappa shape index (κ1) is 14.4. The molecule has 0 saturated carbocycles. The van der Waals surface area contributed by atoms with Crippen molar-refractivity contribution in [2.75, 3.05) is 38.5 Å². The molecule has 0 fully saturated rings. The lowest BCUT2D eigenvalue weighted by Gasteiger charge is -2.32. The number of hydrazine groups is 1. The van der Waals surface area contributed by atoms with Gasteiger partial charge in [-0.1, -0.05) is 0 Å². The maximum absolute atomic E-state index is 5.28. The number of likely N-dealkylation sites (N-methyl/N-ethyl adjacent to an activating group) is 1. The molecule has 1 rings (SSSR count). The zero-order valence-electron chi connectivity index (χ0n) is 11.5. The summed E-state index contributed by atoms with van der Waals surface area (Å²) in [6.07, 6.45) is 0. The molecule has 0 atom stereocenters. The van der Waals surface area contributed by atoms with E-state index >= 15 is 0 Å². The average molecular weight is 255 g/mol. The van der Waals surface area contributed by atoms with Crippen LogP contribution in [0, 0.1) is 0 Å². The monoisotopic (exact) mass is 255 g/mol. The van der Waals surface area contributed by atoms with Gasteiger partial charge in [0.15, 0.2) is 0 Å². The standard InChI is InChI=1S/C10H21N7O/c1-10(2,17(3)4)6-12-7-13-8(16-11)15-9(14-7)18-5/h6,11H2,1-5H3,(H2,12,13,14,15,16). The lowest BCUT2D eigenvalue weighted by molar-refractivity contribution is 0.209. The van der Waals surface area contributed by atoms with Crippen LogP contribution in [0.4, 0.5) is 11.9 Å². The number of nitrogen functional groups attached to an aromatic ring is 1. The summed E-state index contributed by atoms with van der Waals surface area (Å²) in [4.78, 5) is 14.2. The fourth-order valence-electron chi connectivity index (χ4n) is 1.04. The minimum atomic E-state index is -0.0316. The largest absolute Gasteiger partial charge is 0.467 e. The molecule has 0 amide bonds. The highest BCUT2D eigenvalue weighted by molar-refractivity contribution is 5.35. The van der Waals surface area contributed by atoms with Crippen LogP contribution in [0.5, 0.6) is 6.01 Å². The zero-order valence-corrected chi connectivity index (χ0v) is 11.5. The van der Waals surface area contributed by atoms with E-state index in [2.05, 4.69) is 44.4 Å². The molecule has 0 radical (unpaired) electrons. The Morgan fingerprint density at radius 2 is 1.83 bits per heavy atom. The van der Waals surface area contributed by atoms with Crippen LogP contribution >= 0.6 is 0 Å². The summed E-state index contributed by atoms with van der Waals surface area (Å²) in [5.41, 5.74) is 2.34. The highest BCUT2D eigenvalue weighted by atomic mass is 16.5. The number of nitrogens with one attached hydrogen (secondary N) is 2. The molecule has 18 heavy (non-hydrogen) atoms. The molecule has 1 heterocycles. The zero-order chi connectivity index (χ0) is 13.8. The van der Waals surface area contributed by atoms with E-state index in [4.69, 9.17) is 10.6 Å². The topological polar surface area (TPSA) is 101 Å². The summed E-state index contributed by atoms with van der Waals surface area (Å²) in [6.45, 7) is 4.90. The average Bonchev–Trinajstić information content (AvgIpc) is 2.35. The van der Waals surface area contributed by atoms with Crippen LogP contribution in [0.15, 0.2) is 0 Å². The van der Waals surface area contributed by atoms with Crippen molar-refractivity contribution in [2.24, 2.45) is 5.84 Å². The quantitative estimate of drug-likeness (QED) is 0.479. The second-order valence-corrected chi connectivity index (χ2v) is 4.67. The van der Waals surface area contributed by atoms with Crippen molar-refractivity contribution < 1.29 is 4.74 Å². The van der Waals surface area contributed by atoms with Crippen LogP contribution in [-0.4, -0.2) is 53.1 Å². The van der Waals surface area contributed by atoms with Gasteiger partial charge in [0.1, 0.15) is 0 Å². The minimum absolute atomic E-state index is 0.0316. The van der Waals surface area contributed by atoms with Crippen LogP contribution in [0.2, 0.25) is 0 Å². The van der Waals surface area contributed by atoms with E-state index in [1.807, 2.05) is 14.1 Å². The normalized spacial score (nSPS) is 11.5. The molecule has 0 aliphatic carbocycles. The SMILES string of the molecule is COc1nc(NN)nc(NCC(C)(C)N(C)C)n1. The van der Waals surface area contributed by atoms with Crippen molar-refractivity contribution in [3.8, 4) is 6.01 Å². The molecule has 0 aliphatic rings. The van der Waals surface area contributed by atoms with E-state index in [1.54, 1.807) is 0 Å². The Bertz CT molecular complexity index is 372. The molecule has 1 aromatic rings. The van der Waals surface area contributed by atoms with Gasteiger partial charge in [-0.05, 0) is 27.9 Å². The molecule has 1 aromatic heterocycles. The van der Waals surface area contributed by atoms with Gasteiger partial charge in [0, 0.05) is 12.1 Å². The van der Waals surface area contributed by atoms with Gasteiger partial charge in [0.2, 0.25) is 11.9 Å². The van der Waals surface area contributed by atoms with Gasteiger partial charge in [-0.3, -0.25) is 5.43 Å². The fourth-order valence-corrected chi connectivity index (χ4v) is 1.04. The van der Waals surface area contributed by atoms with Gasteiger partial charge in [-0.25, -0.2) is 5.84 Å². The number of aromatic nitrogens is 3. The number of anilines is 2. The highest BCUT2D eigenvalue weighted by Gasteiger charge is 2.20. The Morgan fingerprint density at radius 1 is 1.22 bits per heavy atom. The summed E-state index contributed by atoms with van der Waals surface area (Å²) in [5.74, 6) is 5.96. The Hall–Kier alpha value is -1.67. The van der Waals surface area contributed by atoms with Crippen LogP contribution in [0.25, 0.3) is 0 Å². The van der Waals surface area contributed by atoms with Gasteiger partial charge in [0.05, 0.1) is 7.11 Å². The maximum Gasteiger partial charge on any atom is 0.322 e. The van der Waals surface area contributed by atoms with Gasteiger partial charge >= 0.3 is 6.01 Å². The molecule has 0 aliphatic heterocycles. The van der Waals surface area contributed by atoms with E-state index in [0.29, 0.717) is 12.5 Å². The molecule has 0 saturated heterocycles. The number of rotatable bonds is 6. The summed E-state index contributed by atoms with van der Waals surface area (Å²) in [6, 6.07) is 0.211. The molecule has 0 aromatic carbocycles. The minimum Gasteiger partial charge on any atom is -0.467 e. The van der Waals surface area contributed by atoms with Crippen molar-refractivity contribution in [1.29, 1.82) is 0 Å². The predicted octanol–water partition coefficient (Wildman–Crippen LogP) is -0.0821. The van der Waals surface area contributed by atoms with Gasteiger partial charge in [-0.2, -0.15) is 15.0 Å². The first-order chi connectivity index (χ1) is 8.39. The van der Waals surface area contributed by atoms with Crippen molar-refractivity contribution in [1.82, 2.24) is 19.9 Å². The second kappa shape index (κ2) is 5.78. The predicted molar refractivity (Wildman–Crippen MR) is 70.4 cm³/mol. The second-order valence-electron chi connectivity index (χ2n) is 4.67. The summed E-state index contributed by atoms with van der Waals surface area (Å²) in [7, 11) is 5.52. The van der Waals surface area contributed by atoms with Crippen molar-refractivity contribution in [2.45, 2.75) is 19.4 Å². The summed E-state index contributed by atoms with van der Waals surface area (Å²) in [5, 5.41) is 3.14. The number of ether oxygens (including phenoxy) is 1.